The van der Waals surface area contributed by atoms with Crippen LogP contribution in [0.4, 0.5) is 5.69 Å². The summed E-state index contributed by atoms with van der Waals surface area (Å²) < 4.78 is 0. The molecule has 0 fully saturated rings. The van der Waals surface area contributed by atoms with E-state index in [1.54, 1.807) is 4.90 Å². The molecule has 0 aliphatic heterocycles. The topological polar surface area (TPSA) is 59.2 Å². The molecule has 0 radical (unpaired) electrons. The number of aryl methyl sites for hydroxylation is 2. The molecule has 2 aromatic rings. The highest BCUT2D eigenvalue weighted by atomic mass is 16.2. The van der Waals surface area contributed by atoms with Gasteiger partial charge in [-0.1, -0.05) is 18.2 Å². The van der Waals surface area contributed by atoms with Crippen LogP contribution in [-0.4, -0.2) is 22.8 Å². The molecule has 1 aromatic heterocycles. The summed E-state index contributed by atoms with van der Waals surface area (Å²) in [6, 6.07) is 13.5. The number of carbonyl (C=O) groups excluding carboxylic acids is 1. The first-order chi connectivity index (χ1) is 10.0. The Morgan fingerprint density at radius 2 is 1.90 bits per heavy atom. The van der Waals surface area contributed by atoms with Gasteiger partial charge in [0.05, 0.1) is 12.2 Å². The Morgan fingerprint density at radius 1 is 1.19 bits per heavy atom. The van der Waals surface area contributed by atoms with E-state index < -0.39 is 0 Å². The van der Waals surface area contributed by atoms with Gasteiger partial charge in [0.15, 0.2) is 0 Å². The average Bonchev–Trinajstić information content (AvgIpc) is 2.46. The van der Waals surface area contributed by atoms with Gasteiger partial charge in [0, 0.05) is 24.8 Å². The van der Waals surface area contributed by atoms with Crippen molar-refractivity contribution in [1.82, 2.24) is 9.88 Å². The van der Waals surface area contributed by atoms with Crippen LogP contribution in [0.1, 0.15) is 23.4 Å². The van der Waals surface area contributed by atoms with Gasteiger partial charge < -0.3 is 10.6 Å². The van der Waals surface area contributed by atoms with E-state index in [0.29, 0.717) is 13.0 Å². The zero-order valence-electron chi connectivity index (χ0n) is 12.5. The molecule has 1 aromatic carbocycles. The van der Waals surface area contributed by atoms with E-state index in [1.807, 2.05) is 56.4 Å². The lowest BCUT2D eigenvalue weighted by atomic mass is 10.1. The Balaban J connectivity index is 1.86. The summed E-state index contributed by atoms with van der Waals surface area (Å²) in [4.78, 5) is 18.3. The van der Waals surface area contributed by atoms with Crippen LogP contribution in [0, 0.1) is 6.92 Å². The van der Waals surface area contributed by atoms with Gasteiger partial charge >= 0.3 is 0 Å². The molecule has 4 nitrogen and oxygen atoms in total. The number of nitrogens with zero attached hydrogens (tertiary/aromatic N) is 2. The van der Waals surface area contributed by atoms with Crippen LogP contribution in [0.25, 0.3) is 0 Å². The molecule has 21 heavy (non-hydrogen) atoms. The standard InChI is InChI=1S/C17H21N3O/c1-13-4-3-5-16(19-13)12-20(2)17(21)11-8-14-6-9-15(18)10-7-14/h3-7,9-10H,8,11-12,18H2,1-2H3. The molecule has 4 heteroatoms. The van der Waals surface area contributed by atoms with E-state index in [0.717, 1.165) is 29.1 Å². The maximum absolute atomic E-state index is 12.1. The smallest absolute Gasteiger partial charge is 0.222 e. The van der Waals surface area contributed by atoms with Gasteiger partial charge in [-0.2, -0.15) is 0 Å². The third-order valence-electron chi connectivity index (χ3n) is 3.38. The van der Waals surface area contributed by atoms with Crippen molar-refractivity contribution in [1.29, 1.82) is 0 Å². The summed E-state index contributed by atoms with van der Waals surface area (Å²) >= 11 is 0. The number of rotatable bonds is 5. The van der Waals surface area contributed by atoms with Crippen molar-refractivity contribution in [3.8, 4) is 0 Å². The number of nitrogen functional groups attached to an aromatic ring is 1. The molecule has 0 aliphatic carbocycles. The van der Waals surface area contributed by atoms with Crippen LogP contribution in [0.3, 0.4) is 0 Å². The van der Waals surface area contributed by atoms with Crippen LogP contribution in [0.15, 0.2) is 42.5 Å². The molecule has 0 saturated heterocycles. The van der Waals surface area contributed by atoms with Crippen molar-refractivity contribution in [3.05, 3.63) is 59.4 Å². The number of carbonyl (C=O) groups is 1. The van der Waals surface area contributed by atoms with Gasteiger partial charge in [0.2, 0.25) is 5.91 Å². The molecule has 1 heterocycles. The second kappa shape index (κ2) is 6.88. The van der Waals surface area contributed by atoms with E-state index >= 15 is 0 Å². The Bertz CT molecular complexity index is 608. The molecule has 0 aliphatic rings. The first kappa shape index (κ1) is 15.0. The monoisotopic (exact) mass is 283 g/mol. The average molecular weight is 283 g/mol. The second-order valence-corrected chi connectivity index (χ2v) is 5.26. The van der Waals surface area contributed by atoms with E-state index in [4.69, 9.17) is 5.73 Å². The molecule has 0 spiro atoms. The zero-order chi connectivity index (χ0) is 15.2. The quantitative estimate of drug-likeness (QED) is 0.858. The number of hydrogen-bond acceptors (Lipinski definition) is 3. The fourth-order valence-electron chi connectivity index (χ4n) is 2.15. The number of hydrogen-bond donors (Lipinski definition) is 1. The molecule has 110 valence electrons. The largest absolute Gasteiger partial charge is 0.399 e. The fourth-order valence-corrected chi connectivity index (χ4v) is 2.15. The highest BCUT2D eigenvalue weighted by Gasteiger charge is 2.10. The van der Waals surface area contributed by atoms with Gasteiger partial charge in [0.25, 0.3) is 0 Å². The maximum Gasteiger partial charge on any atom is 0.222 e. The zero-order valence-corrected chi connectivity index (χ0v) is 12.5. The van der Waals surface area contributed by atoms with Crippen LogP contribution < -0.4 is 5.73 Å². The summed E-state index contributed by atoms with van der Waals surface area (Å²) in [5.74, 6) is 0.120. The van der Waals surface area contributed by atoms with Crippen LogP contribution >= 0.6 is 0 Å². The highest BCUT2D eigenvalue weighted by Crippen LogP contribution is 2.09. The van der Waals surface area contributed by atoms with Crippen molar-refractivity contribution < 1.29 is 4.79 Å². The highest BCUT2D eigenvalue weighted by molar-refractivity contribution is 5.76. The Morgan fingerprint density at radius 3 is 2.57 bits per heavy atom. The molecule has 2 rings (SSSR count). The second-order valence-electron chi connectivity index (χ2n) is 5.26. The third-order valence-corrected chi connectivity index (χ3v) is 3.38. The molecule has 2 N–H and O–H groups in total. The molecule has 0 unspecified atom stereocenters. The minimum Gasteiger partial charge on any atom is -0.399 e. The summed E-state index contributed by atoms with van der Waals surface area (Å²) in [6.07, 6.45) is 1.22. The predicted octanol–water partition coefficient (Wildman–Crippen LogP) is 2.56. The van der Waals surface area contributed by atoms with Crippen molar-refractivity contribution in [3.63, 3.8) is 0 Å². The van der Waals surface area contributed by atoms with Gasteiger partial charge in [-0.15, -0.1) is 0 Å². The molecule has 0 atom stereocenters. The van der Waals surface area contributed by atoms with Crippen molar-refractivity contribution in [2.24, 2.45) is 0 Å². The number of anilines is 1. The molecule has 0 saturated carbocycles. The number of amides is 1. The normalized spacial score (nSPS) is 10.4. The van der Waals surface area contributed by atoms with E-state index in [1.165, 1.54) is 0 Å². The number of benzene rings is 1. The Labute approximate surface area is 125 Å². The van der Waals surface area contributed by atoms with Crippen molar-refractivity contribution >= 4 is 11.6 Å². The summed E-state index contributed by atoms with van der Waals surface area (Å²) in [5.41, 5.74) is 9.40. The Hall–Kier alpha value is -2.36. The maximum atomic E-state index is 12.1. The first-order valence-electron chi connectivity index (χ1n) is 7.05. The van der Waals surface area contributed by atoms with Gasteiger partial charge in [0.1, 0.15) is 0 Å². The summed E-state index contributed by atoms with van der Waals surface area (Å²) in [7, 11) is 1.81. The minimum atomic E-state index is 0.120. The number of nitrogens with two attached hydrogens (primary N) is 1. The van der Waals surface area contributed by atoms with E-state index in [-0.39, 0.29) is 5.91 Å². The lowest BCUT2D eigenvalue weighted by Crippen LogP contribution is -2.26. The van der Waals surface area contributed by atoms with Crippen molar-refractivity contribution in [2.75, 3.05) is 12.8 Å². The summed E-state index contributed by atoms with van der Waals surface area (Å²) in [6.45, 7) is 2.49. The van der Waals surface area contributed by atoms with Crippen LogP contribution in [-0.2, 0) is 17.8 Å². The number of aromatic nitrogens is 1. The molecule has 1 amide bonds. The van der Waals surface area contributed by atoms with Crippen LogP contribution in [0.2, 0.25) is 0 Å². The van der Waals surface area contributed by atoms with Gasteiger partial charge in [-0.05, 0) is 43.2 Å². The summed E-state index contributed by atoms with van der Waals surface area (Å²) in [5, 5.41) is 0. The molecular formula is C17H21N3O. The minimum absolute atomic E-state index is 0.120. The van der Waals surface area contributed by atoms with E-state index in [9.17, 15) is 4.79 Å². The SMILES string of the molecule is Cc1cccc(CN(C)C(=O)CCc2ccc(N)cc2)n1. The lowest BCUT2D eigenvalue weighted by Gasteiger charge is -2.17. The fraction of sp³-hybridized carbons (Fsp3) is 0.294. The van der Waals surface area contributed by atoms with Gasteiger partial charge in [-0.25, -0.2) is 0 Å². The van der Waals surface area contributed by atoms with Gasteiger partial charge in [-0.3, -0.25) is 9.78 Å². The Kier molecular flexibility index (Phi) is 4.93. The molecular weight excluding hydrogens is 262 g/mol. The first-order valence-corrected chi connectivity index (χ1v) is 7.05. The predicted molar refractivity (Wildman–Crippen MR) is 84.6 cm³/mol. The van der Waals surface area contributed by atoms with Crippen LogP contribution in [0.5, 0.6) is 0 Å². The lowest BCUT2D eigenvalue weighted by molar-refractivity contribution is -0.130. The number of pyridine rings is 1. The van der Waals surface area contributed by atoms with Crippen molar-refractivity contribution in [2.45, 2.75) is 26.3 Å². The van der Waals surface area contributed by atoms with E-state index in [2.05, 4.69) is 4.98 Å². The third kappa shape index (κ3) is 4.60. The molecule has 0 bridgehead atoms.